The van der Waals surface area contributed by atoms with Gasteiger partial charge in [0.1, 0.15) is 17.5 Å². The number of piperazine rings is 1. The highest BCUT2D eigenvalue weighted by atomic mass is 16.5. The molecule has 0 spiro atoms. The lowest BCUT2D eigenvalue weighted by molar-refractivity contribution is -0.135. The van der Waals surface area contributed by atoms with Gasteiger partial charge in [-0.25, -0.2) is 0 Å². The number of nitriles is 1. The highest BCUT2D eigenvalue weighted by Gasteiger charge is 2.27. The van der Waals surface area contributed by atoms with Crippen LogP contribution < -0.4 is 9.47 Å². The Morgan fingerprint density at radius 3 is 2.33 bits per heavy atom. The van der Waals surface area contributed by atoms with Crippen molar-refractivity contribution in [3.63, 3.8) is 0 Å². The third-order valence-electron chi connectivity index (χ3n) is 5.47. The second kappa shape index (κ2) is 10.1. The molecule has 1 amide bonds. The number of ether oxygens (including phenoxy) is 2. The predicted octanol–water partition coefficient (Wildman–Crippen LogP) is 3.61. The summed E-state index contributed by atoms with van der Waals surface area (Å²) in [6.45, 7) is 6.76. The van der Waals surface area contributed by atoms with E-state index in [-0.39, 0.29) is 18.6 Å². The fourth-order valence-electron chi connectivity index (χ4n) is 3.58. The molecular formula is C24H29N3O3. The Bertz CT molecular complexity index is 881. The van der Waals surface area contributed by atoms with Gasteiger partial charge in [0.2, 0.25) is 0 Å². The standard InChI is InChI=1S/C24H29N3O3/c1-18(2)20-5-4-6-22(15-20)30-17-24(28)27-13-11-26(12-14-27)23(16-25)19-7-9-21(29-3)10-8-19/h4-10,15,18,23H,11-14,17H2,1-3H3. The molecular weight excluding hydrogens is 378 g/mol. The van der Waals surface area contributed by atoms with E-state index >= 15 is 0 Å². The van der Waals surface area contributed by atoms with Crippen molar-refractivity contribution in [2.75, 3.05) is 39.9 Å². The first-order valence-corrected chi connectivity index (χ1v) is 10.3. The summed E-state index contributed by atoms with van der Waals surface area (Å²) in [5.41, 5.74) is 2.13. The van der Waals surface area contributed by atoms with Crippen molar-refractivity contribution in [1.29, 1.82) is 5.26 Å². The lowest BCUT2D eigenvalue weighted by atomic mass is 10.0. The minimum Gasteiger partial charge on any atom is -0.497 e. The van der Waals surface area contributed by atoms with Crippen LogP contribution in [0, 0.1) is 11.3 Å². The van der Waals surface area contributed by atoms with Crippen LogP contribution in [-0.4, -0.2) is 55.6 Å². The zero-order valence-electron chi connectivity index (χ0n) is 17.9. The molecule has 2 aromatic carbocycles. The molecule has 3 rings (SSSR count). The first-order valence-electron chi connectivity index (χ1n) is 10.3. The number of amides is 1. The van der Waals surface area contributed by atoms with Crippen LogP contribution in [0.1, 0.15) is 36.9 Å². The minimum absolute atomic E-state index is 0.0254. The van der Waals surface area contributed by atoms with Gasteiger partial charge in [0, 0.05) is 26.2 Å². The number of carbonyl (C=O) groups is 1. The Morgan fingerprint density at radius 1 is 1.03 bits per heavy atom. The molecule has 6 heteroatoms. The van der Waals surface area contributed by atoms with Crippen LogP contribution in [0.4, 0.5) is 0 Å². The van der Waals surface area contributed by atoms with Gasteiger partial charge in [-0.1, -0.05) is 38.1 Å². The normalized spacial score (nSPS) is 15.5. The molecule has 1 heterocycles. The van der Waals surface area contributed by atoms with Crippen LogP contribution in [0.15, 0.2) is 48.5 Å². The molecule has 0 aliphatic carbocycles. The summed E-state index contributed by atoms with van der Waals surface area (Å²) in [6, 6.07) is 17.5. The lowest BCUT2D eigenvalue weighted by Crippen LogP contribution is -2.50. The maximum atomic E-state index is 12.6. The van der Waals surface area contributed by atoms with Crippen LogP contribution in [0.25, 0.3) is 0 Å². The Hall–Kier alpha value is -3.04. The maximum Gasteiger partial charge on any atom is 0.260 e. The van der Waals surface area contributed by atoms with E-state index in [2.05, 4.69) is 30.9 Å². The van der Waals surface area contributed by atoms with E-state index in [4.69, 9.17) is 9.47 Å². The zero-order chi connectivity index (χ0) is 21.5. The van der Waals surface area contributed by atoms with Gasteiger partial charge in [-0.2, -0.15) is 5.26 Å². The number of carbonyl (C=O) groups excluding carboxylic acids is 1. The fraction of sp³-hybridized carbons (Fsp3) is 0.417. The molecule has 1 unspecified atom stereocenters. The number of hydrogen-bond donors (Lipinski definition) is 0. The average Bonchev–Trinajstić information content (AvgIpc) is 2.79. The van der Waals surface area contributed by atoms with Crippen LogP contribution in [0.3, 0.4) is 0 Å². The molecule has 6 nitrogen and oxygen atoms in total. The monoisotopic (exact) mass is 407 g/mol. The first kappa shape index (κ1) is 21.7. The molecule has 1 saturated heterocycles. The molecule has 2 aromatic rings. The Morgan fingerprint density at radius 2 is 1.73 bits per heavy atom. The van der Waals surface area contributed by atoms with Crippen molar-refractivity contribution < 1.29 is 14.3 Å². The van der Waals surface area contributed by atoms with Crippen LogP contribution in [0.2, 0.25) is 0 Å². The summed E-state index contributed by atoms with van der Waals surface area (Å²) in [5.74, 6) is 1.88. The molecule has 1 atom stereocenters. The predicted molar refractivity (Wildman–Crippen MR) is 116 cm³/mol. The molecule has 0 saturated carbocycles. The van der Waals surface area contributed by atoms with Crippen molar-refractivity contribution in [1.82, 2.24) is 9.80 Å². The second-order valence-corrected chi connectivity index (χ2v) is 7.74. The summed E-state index contributed by atoms with van der Waals surface area (Å²) in [5, 5.41) is 9.68. The molecule has 0 bridgehead atoms. The fourth-order valence-corrected chi connectivity index (χ4v) is 3.58. The van der Waals surface area contributed by atoms with Crippen molar-refractivity contribution in [2.24, 2.45) is 0 Å². The van der Waals surface area contributed by atoms with Crippen molar-refractivity contribution >= 4 is 5.91 Å². The molecule has 0 radical (unpaired) electrons. The van der Waals surface area contributed by atoms with E-state index in [1.165, 1.54) is 5.56 Å². The topological polar surface area (TPSA) is 65.8 Å². The first-order chi connectivity index (χ1) is 14.5. The number of rotatable bonds is 7. The molecule has 30 heavy (non-hydrogen) atoms. The van der Waals surface area contributed by atoms with Gasteiger partial charge >= 0.3 is 0 Å². The van der Waals surface area contributed by atoms with Gasteiger partial charge in [0.05, 0.1) is 13.2 Å². The van der Waals surface area contributed by atoms with Crippen molar-refractivity contribution in [3.8, 4) is 17.6 Å². The second-order valence-electron chi connectivity index (χ2n) is 7.74. The van der Waals surface area contributed by atoms with E-state index in [1.54, 1.807) is 7.11 Å². The molecule has 1 aliphatic heterocycles. The third kappa shape index (κ3) is 5.31. The van der Waals surface area contributed by atoms with Crippen LogP contribution >= 0.6 is 0 Å². The third-order valence-corrected chi connectivity index (χ3v) is 5.47. The largest absolute Gasteiger partial charge is 0.497 e. The van der Waals surface area contributed by atoms with E-state index < -0.39 is 0 Å². The van der Waals surface area contributed by atoms with E-state index in [1.807, 2.05) is 47.4 Å². The smallest absolute Gasteiger partial charge is 0.260 e. The number of nitrogens with zero attached hydrogens (tertiary/aromatic N) is 3. The lowest BCUT2D eigenvalue weighted by Gasteiger charge is -2.37. The molecule has 158 valence electrons. The van der Waals surface area contributed by atoms with Crippen molar-refractivity contribution in [2.45, 2.75) is 25.8 Å². The summed E-state index contributed by atoms with van der Waals surface area (Å²) in [7, 11) is 1.62. The zero-order valence-corrected chi connectivity index (χ0v) is 17.9. The molecule has 1 aliphatic rings. The van der Waals surface area contributed by atoms with Gasteiger partial charge in [-0.05, 0) is 41.3 Å². The number of benzene rings is 2. The summed E-state index contributed by atoms with van der Waals surface area (Å²) in [6.07, 6.45) is 0. The minimum atomic E-state index is -0.330. The Kier molecular flexibility index (Phi) is 7.31. The van der Waals surface area contributed by atoms with Gasteiger partial charge in [-0.15, -0.1) is 0 Å². The summed E-state index contributed by atoms with van der Waals surface area (Å²) >= 11 is 0. The number of hydrogen-bond acceptors (Lipinski definition) is 5. The van der Waals surface area contributed by atoms with Gasteiger partial charge < -0.3 is 14.4 Å². The van der Waals surface area contributed by atoms with E-state index in [9.17, 15) is 10.1 Å². The maximum absolute atomic E-state index is 12.6. The summed E-state index contributed by atoms with van der Waals surface area (Å²) in [4.78, 5) is 16.5. The summed E-state index contributed by atoms with van der Waals surface area (Å²) < 4.78 is 10.9. The van der Waals surface area contributed by atoms with E-state index in [0.29, 0.717) is 32.1 Å². The number of methoxy groups -OCH3 is 1. The van der Waals surface area contributed by atoms with Crippen molar-refractivity contribution in [3.05, 3.63) is 59.7 Å². The average molecular weight is 408 g/mol. The molecule has 0 aromatic heterocycles. The van der Waals surface area contributed by atoms with E-state index in [0.717, 1.165) is 17.1 Å². The van der Waals surface area contributed by atoms with Crippen LogP contribution in [-0.2, 0) is 4.79 Å². The van der Waals surface area contributed by atoms with Gasteiger partial charge in [-0.3, -0.25) is 9.69 Å². The SMILES string of the molecule is COc1ccc(C(C#N)N2CCN(C(=O)COc3cccc(C(C)C)c3)CC2)cc1. The van der Waals surface area contributed by atoms with Gasteiger partial charge in [0.25, 0.3) is 5.91 Å². The Balaban J connectivity index is 1.52. The molecule has 1 fully saturated rings. The van der Waals surface area contributed by atoms with Gasteiger partial charge in [0.15, 0.2) is 6.61 Å². The van der Waals surface area contributed by atoms with Crippen LogP contribution in [0.5, 0.6) is 11.5 Å². The quantitative estimate of drug-likeness (QED) is 0.702. The highest BCUT2D eigenvalue weighted by molar-refractivity contribution is 5.77. The molecule has 0 N–H and O–H groups in total. The Labute approximate surface area is 178 Å². The highest BCUT2D eigenvalue weighted by Crippen LogP contribution is 2.24.